The number of nitrogens with zero attached hydrogens (tertiary/aromatic N) is 1. The smallest absolute Gasteiger partial charge is 0.241 e. The SMILES string of the molecule is CC(C(=O)Nc1cccc(N)c1)N1CCCC1CCCO. The summed E-state index contributed by atoms with van der Waals surface area (Å²) < 4.78 is 0. The molecule has 21 heavy (non-hydrogen) atoms. The molecule has 1 amide bonds. The monoisotopic (exact) mass is 291 g/mol. The Hall–Kier alpha value is -1.59. The lowest BCUT2D eigenvalue weighted by atomic mass is 10.1. The van der Waals surface area contributed by atoms with Crippen LogP contribution in [0.5, 0.6) is 0 Å². The number of amides is 1. The van der Waals surface area contributed by atoms with Gasteiger partial charge in [0.1, 0.15) is 0 Å². The van der Waals surface area contributed by atoms with Crippen molar-refractivity contribution in [1.29, 1.82) is 0 Å². The van der Waals surface area contributed by atoms with Crippen LogP contribution in [0.4, 0.5) is 11.4 Å². The number of carbonyl (C=O) groups excluding carboxylic acids is 1. The maximum absolute atomic E-state index is 12.4. The van der Waals surface area contributed by atoms with Gasteiger partial charge in [-0.1, -0.05) is 6.07 Å². The summed E-state index contributed by atoms with van der Waals surface area (Å²) in [4.78, 5) is 14.6. The highest BCUT2D eigenvalue weighted by atomic mass is 16.3. The Bertz CT molecular complexity index is 478. The molecule has 0 saturated carbocycles. The highest BCUT2D eigenvalue weighted by molar-refractivity contribution is 5.94. The number of nitrogen functional groups attached to an aromatic ring is 1. The minimum atomic E-state index is -0.169. The third-order valence-electron chi connectivity index (χ3n) is 4.15. The Morgan fingerprint density at radius 3 is 3.10 bits per heavy atom. The fourth-order valence-corrected chi connectivity index (χ4v) is 3.02. The largest absolute Gasteiger partial charge is 0.399 e. The first-order valence-electron chi connectivity index (χ1n) is 7.65. The minimum absolute atomic E-state index is 0.00324. The maximum atomic E-state index is 12.4. The Kier molecular flexibility index (Phi) is 5.59. The van der Waals surface area contributed by atoms with Crippen molar-refractivity contribution in [2.45, 2.75) is 44.7 Å². The summed E-state index contributed by atoms with van der Waals surface area (Å²) in [6.45, 7) is 3.11. The van der Waals surface area contributed by atoms with Crippen LogP contribution in [0.1, 0.15) is 32.6 Å². The Labute approximate surface area is 126 Å². The summed E-state index contributed by atoms with van der Waals surface area (Å²) in [5, 5.41) is 11.9. The first-order chi connectivity index (χ1) is 10.1. The molecule has 4 N–H and O–H groups in total. The number of carbonyl (C=O) groups is 1. The van der Waals surface area contributed by atoms with E-state index in [1.54, 1.807) is 12.1 Å². The number of aliphatic hydroxyl groups is 1. The molecule has 1 aliphatic heterocycles. The highest BCUT2D eigenvalue weighted by Crippen LogP contribution is 2.24. The minimum Gasteiger partial charge on any atom is -0.399 e. The van der Waals surface area contributed by atoms with Crippen molar-refractivity contribution in [2.75, 3.05) is 24.2 Å². The topological polar surface area (TPSA) is 78.6 Å². The molecule has 5 heteroatoms. The maximum Gasteiger partial charge on any atom is 0.241 e. The summed E-state index contributed by atoms with van der Waals surface area (Å²) in [6.07, 6.45) is 3.97. The van der Waals surface area contributed by atoms with Gasteiger partial charge < -0.3 is 16.2 Å². The molecule has 116 valence electrons. The molecular weight excluding hydrogens is 266 g/mol. The molecule has 2 rings (SSSR count). The van der Waals surface area contributed by atoms with Gasteiger partial charge in [-0.25, -0.2) is 0 Å². The number of likely N-dealkylation sites (tertiary alicyclic amines) is 1. The van der Waals surface area contributed by atoms with E-state index in [9.17, 15) is 4.79 Å². The van der Waals surface area contributed by atoms with E-state index >= 15 is 0 Å². The van der Waals surface area contributed by atoms with Crippen molar-refractivity contribution in [2.24, 2.45) is 0 Å². The summed E-state index contributed by atoms with van der Waals surface area (Å²) in [7, 11) is 0. The van der Waals surface area contributed by atoms with Crippen LogP contribution < -0.4 is 11.1 Å². The average molecular weight is 291 g/mol. The second kappa shape index (κ2) is 7.43. The lowest BCUT2D eigenvalue weighted by molar-refractivity contribution is -0.121. The zero-order chi connectivity index (χ0) is 15.2. The Balaban J connectivity index is 1.95. The van der Waals surface area contributed by atoms with Crippen LogP contribution in [0.15, 0.2) is 24.3 Å². The van der Waals surface area contributed by atoms with Crippen molar-refractivity contribution >= 4 is 17.3 Å². The van der Waals surface area contributed by atoms with Crippen LogP contribution in [-0.2, 0) is 4.79 Å². The molecule has 1 fully saturated rings. The quantitative estimate of drug-likeness (QED) is 0.699. The standard InChI is InChI=1S/C16H25N3O2/c1-12(19-9-3-7-15(19)8-4-10-20)16(21)18-14-6-2-5-13(17)11-14/h2,5-6,11-12,15,20H,3-4,7-10,17H2,1H3,(H,18,21). The van der Waals surface area contributed by atoms with Gasteiger partial charge in [0.25, 0.3) is 0 Å². The molecule has 0 spiro atoms. The van der Waals surface area contributed by atoms with Crippen LogP contribution in [0.2, 0.25) is 0 Å². The number of rotatable bonds is 6. The molecule has 0 aliphatic carbocycles. The normalized spacial score (nSPS) is 20.4. The lowest BCUT2D eigenvalue weighted by Gasteiger charge is -2.29. The van der Waals surface area contributed by atoms with Crippen molar-refractivity contribution in [1.82, 2.24) is 4.90 Å². The van der Waals surface area contributed by atoms with E-state index in [2.05, 4.69) is 10.2 Å². The third-order valence-corrected chi connectivity index (χ3v) is 4.15. The van der Waals surface area contributed by atoms with Gasteiger partial charge in [-0.15, -0.1) is 0 Å². The molecule has 0 bridgehead atoms. The van der Waals surface area contributed by atoms with Crippen LogP contribution in [0.3, 0.4) is 0 Å². The molecule has 1 heterocycles. The van der Waals surface area contributed by atoms with Crippen LogP contribution in [0, 0.1) is 0 Å². The molecule has 0 radical (unpaired) electrons. The molecule has 1 aromatic carbocycles. The number of nitrogens with one attached hydrogen (secondary N) is 1. The van der Waals surface area contributed by atoms with E-state index in [1.807, 2.05) is 19.1 Å². The number of hydrogen-bond donors (Lipinski definition) is 3. The van der Waals surface area contributed by atoms with Gasteiger partial charge in [0, 0.05) is 24.0 Å². The Morgan fingerprint density at radius 1 is 1.57 bits per heavy atom. The molecule has 1 aromatic rings. The summed E-state index contributed by atoms with van der Waals surface area (Å²) >= 11 is 0. The van der Waals surface area contributed by atoms with Gasteiger partial charge in [0.2, 0.25) is 5.91 Å². The van der Waals surface area contributed by atoms with Gasteiger partial charge in [0.05, 0.1) is 6.04 Å². The second-order valence-corrected chi connectivity index (χ2v) is 5.69. The first kappa shape index (κ1) is 15.8. The molecule has 2 atom stereocenters. The van der Waals surface area contributed by atoms with Crippen molar-refractivity contribution in [3.8, 4) is 0 Å². The lowest BCUT2D eigenvalue weighted by Crippen LogP contribution is -2.44. The second-order valence-electron chi connectivity index (χ2n) is 5.69. The van der Waals surface area contributed by atoms with Gasteiger partial charge in [0.15, 0.2) is 0 Å². The first-order valence-corrected chi connectivity index (χ1v) is 7.65. The summed E-state index contributed by atoms with van der Waals surface area (Å²) in [5.41, 5.74) is 7.10. The van der Waals surface area contributed by atoms with E-state index in [0.29, 0.717) is 11.7 Å². The van der Waals surface area contributed by atoms with Crippen LogP contribution in [-0.4, -0.2) is 41.1 Å². The van der Waals surface area contributed by atoms with Gasteiger partial charge >= 0.3 is 0 Å². The number of nitrogens with two attached hydrogens (primary N) is 1. The Morgan fingerprint density at radius 2 is 2.38 bits per heavy atom. The molecule has 2 unspecified atom stereocenters. The molecule has 1 saturated heterocycles. The highest BCUT2D eigenvalue weighted by Gasteiger charge is 2.31. The molecular formula is C16H25N3O2. The number of aliphatic hydroxyl groups excluding tert-OH is 1. The molecule has 1 aliphatic rings. The fourth-order valence-electron chi connectivity index (χ4n) is 3.02. The zero-order valence-electron chi connectivity index (χ0n) is 12.6. The van der Waals surface area contributed by atoms with E-state index in [-0.39, 0.29) is 18.6 Å². The van der Waals surface area contributed by atoms with Crippen molar-refractivity contribution < 1.29 is 9.90 Å². The number of hydrogen-bond acceptors (Lipinski definition) is 4. The summed E-state index contributed by atoms with van der Waals surface area (Å²) in [6, 6.07) is 7.46. The fraction of sp³-hybridized carbons (Fsp3) is 0.562. The van der Waals surface area contributed by atoms with E-state index in [1.165, 1.54) is 0 Å². The predicted molar refractivity (Wildman–Crippen MR) is 85.0 cm³/mol. The molecule has 0 aromatic heterocycles. The van der Waals surface area contributed by atoms with E-state index < -0.39 is 0 Å². The van der Waals surface area contributed by atoms with Gasteiger partial charge in [-0.05, 0) is 57.4 Å². The number of anilines is 2. The number of benzene rings is 1. The van der Waals surface area contributed by atoms with Crippen LogP contribution in [0.25, 0.3) is 0 Å². The van der Waals surface area contributed by atoms with Gasteiger partial charge in [-0.3, -0.25) is 9.69 Å². The van der Waals surface area contributed by atoms with Crippen molar-refractivity contribution in [3.63, 3.8) is 0 Å². The zero-order valence-corrected chi connectivity index (χ0v) is 12.6. The summed E-state index contributed by atoms with van der Waals surface area (Å²) in [5.74, 6) is -0.00324. The van der Waals surface area contributed by atoms with Gasteiger partial charge in [-0.2, -0.15) is 0 Å². The third kappa shape index (κ3) is 4.19. The average Bonchev–Trinajstić information content (AvgIpc) is 2.92. The van der Waals surface area contributed by atoms with E-state index in [4.69, 9.17) is 10.8 Å². The predicted octanol–water partition coefficient (Wildman–Crippen LogP) is 1.83. The van der Waals surface area contributed by atoms with Crippen LogP contribution >= 0.6 is 0 Å². The van der Waals surface area contributed by atoms with E-state index in [0.717, 1.165) is 37.9 Å². The molecule has 5 nitrogen and oxygen atoms in total. The van der Waals surface area contributed by atoms with Crippen molar-refractivity contribution in [3.05, 3.63) is 24.3 Å².